The third-order valence-electron chi connectivity index (χ3n) is 9.50. The molecule has 0 fully saturated rings. The number of para-hydroxylation sites is 3. The van der Waals surface area contributed by atoms with Crippen LogP contribution in [0.1, 0.15) is 0 Å². The van der Waals surface area contributed by atoms with E-state index in [2.05, 4.69) is 155 Å². The number of hydrogen-bond donors (Lipinski definition) is 0. The normalized spacial score (nSPS) is 11.8. The van der Waals surface area contributed by atoms with Crippen LogP contribution in [0.15, 0.2) is 170 Å². The van der Waals surface area contributed by atoms with Crippen molar-refractivity contribution in [1.29, 1.82) is 0 Å². The summed E-state index contributed by atoms with van der Waals surface area (Å²) in [5, 5.41) is 5.97. The second-order valence-corrected chi connectivity index (χ2v) is 12.3. The molecular weight excluding hydrogens is 585 g/mol. The summed E-state index contributed by atoms with van der Waals surface area (Å²) < 4.78 is 4.78. The molecule has 10 rings (SSSR count). The van der Waals surface area contributed by atoms with Crippen molar-refractivity contribution in [2.24, 2.45) is 0 Å². The number of benzene rings is 7. The minimum Gasteiger partial charge on any atom is -0.309 e. The Bertz CT molecular complexity index is 2810. The first kappa shape index (κ1) is 26.7. The highest BCUT2D eigenvalue weighted by Crippen LogP contribution is 2.40. The summed E-state index contributed by atoms with van der Waals surface area (Å²) in [5.41, 5.74) is 10.8. The number of hydrogen-bond acceptors (Lipinski definition) is 2. The first-order chi connectivity index (χ1) is 23.8. The maximum Gasteiger partial charge on any atom is 0.160 e. The Labute approximate surface area is 276 Å². The van der Waals surface area contributed by atoms with Gasteiger partial charge in [0.15, 0.2) is 5.82 Å². The first-order valence-electron chi connectivity index (χ1n) is 16.3. The van der Waals surface area contributed by atoms with Crippen molar-refractivity contribution in [3.8, 4) is 34.0 Å². The van der Waals surface area contributed by atoms with Crippen LogP contribution in [0.3, 0.4) is 0 Å². The molecule has 0 spiro atoms. The lowest BCUT2D eigenvalue weighted by atomic mass is 10.0. The van der Waals surface area contributed by atoms with Gasteiger partial charge in [0.25, 0.3) is 0 Å². The standard InChI is InChI=1S/C44H28N4/c1-4-14-29(15-5-1)43-35-25-24-32(26-38(35)45-44(46-43)30-16-6-2-7-17-30)48-40-23-13-11-21-34(40)37-27-36-33-20-10-12-22-39(33)47(41(36)28-42(37)48)31-18-8-3-9-19-31/h1-28H. The molecule has 10 aromatic rings. The lowest BCUT2D eigenvalue weighted by Gasteiger charge is -2.13. The largest absolute Gasteiger partial charge is 0.309 e. The molecule has 4 heteroatoms. The van der Waals surface area contributed by atoms with E-state index in [1.165, 1.54) is 32.6 Å². The van der Waals surface area contributed by atoms with Gasteiger partial charge in [-0.05, 0) is 54.6 Å². The second kappa shape index (κ2) is 10.5. The minimum absolute atomic E-state index is 0.718. The summed E-state index contributed by atoms with van der Waals surface area (Å²) in [6, 6.07) is 60.1. The quantitative estimate of drug-likeness (QED) is 0.198. The Hall–Kier alpha value is -6.52. The van der Waals surface area contributed by atoms with Crippen LogP contribution >= 0.6 is 0 Å². The van der Waals surface area contributed by atoms with Gasteiger partial charge in [0.05, 0.1) is 33.3 Å². The average Bonchev–Trinajstić information content (AvgIpc) is 3.66. The zero-order valence-corrected chi connectivity index (χ0v) is 26.0. The van der Waals surface area contributed by atoms with Crippen molar-refractivity contribution in [2.45, 2.75) is 0 Å². The maximum atomic E-state index is 5.17. The second-order valence-electron chi connectivity index (χ2n) is 12.3. The molecule has 0 unspecified atom stereocenters. The van der Waals surface area contributed by atoms with Crippen molar-refractivity contribution < 1.29 is 0 Å². The number of nitrogens with zero attached hydrogens (tertiary/aromatic N) is 4. The molecular formula is C44H28N4. The zero-order valence-electron chi connectivity index (χ0n) is 26.0. The maximum absolute atomic E-state index is 5.17. The van der Waals surface area contributed by atoms with Gasteiger partial charge < -0.3 is 9.13 Å². The van der Waals surface area contributed by atoms with Crippen molar-refractivity contribution in [3.05, 3.63) is 170 Å². The zero-order chi connectivity index (χ0) is 31.6. The lowest BCUT2D eigenvalue weighted by Crippen LogP contribution is -1.98. The number of rotatable bonds is 4. The van der Waals surface area contributed by atoms with Crippen molar-refractivity contribution in [2.75, 3.05) is 0 Å². The Morgan fingerprint density at radius 1 is 0.333 bits per heavy atom. The Balaban J connectivity index is 1.29. The van der Waals surface area contributed by atoms with Gasteiger partial charge in [0.1, 0.15) is 0 Å². The van der Waals surface area contributed by atoms with Gasteiger partial charge in [-0.3, -0.25) is 0 Å². The third-order valence-corrected chi connectivity index (χ3v) is 9.50. The van der Waals surface area contributed by atoms with E-state index in [1.807, 2.05) is 24.3 Å². The first-order valence-corrected chi connectivity index (χ1v) is 16.3. The highest BCUT2D eigenvalue weighted by Gasteiger charge is 2.19. The molecule has 3 aromatic heterocycles. The Morgan fingerprint density at radius 2 is 0.875 bits per heavy atom. The molecule has 0 N–H and O–H groups in total. The molecule has 0 aliphatic carbocycles. The Kier molecular flexibility index (Phi) is 5.84. The van der Waals surface area contributed by atoms with Gasteiger partial charge in [-0.15, -0.1) is 0 Å². The van der Waals surface area contributed by atoms with Gasteiger partial charge in [0, 0.05) is 49.4 Å². The summed E-state index contributed by atoms with van der Waals surface area (Å²) in [7, 11) is 0. The van der Waals surface area contributed by atoms with Gasteiger partial charge in [-0.25, -0.2) is 9.97 Å². The molecule has 0 saturated carbocycles. The van der Waals surface area contributed by atoms with E-state index in [0.717, 1.165) is 56.0 Å². The van der Waals surface area contributed by atoms with Gasteiger partial charge in [0.2, 0.25) is 0 Å². The summed E-state index contributed by atoms with van der Waals surface area (Å²) in [5.74, 6) is 0.718. The van der Waals surface area contributed by atoms with E-state index < -0.39 is 0 Å². The Morgan fingerprint density at radius 3 is 1.52 bits per heavy atom. The molecule has 48 heavy (non-hydrogen) atoms. The molecule has 0 saturated heterocycles. The number of aromatic nitrogens is 4. The molecule has 7 aromatic carbocycles. The van der Waals surface area contributed by atoms with Crippen molar-refractivity contribution in [1.82, 2.24) is 19.1 Å². The number of fused-ring (bicyclic) bond motifs is 7. The molecule has 0 atom stereocenters. The van der Waals surface area contributed by atoms with Crippen LogP contribution in [0, 0.1) is 0 Å². The van der Waals surface area contributed by atoms with Crippen LogP contribution < -0.4 is 0 Å². The SMILES string of the molecule is c1ccc(-c2nc(-c3ccccc3)c3ccc(-n4c5ccccc5c5cc6c7ccccc7n(-c7ccccc7)c6cc54)cc3n2)cc1. The predicted molar refractivity (Wildman–Crippen MR) is 199 cm³/mol. The highest BCUT2D eigenvalue weighted by atomic mass is 15.0. The molecule has 0 amide bonds. The topological polar surface area (TPSA) is 35.6 Å². The van der Waals surface area contributed by atoms with E-state index in [4.69, 9.17) is 9.97 Å². The van der Waals surface area contributed by atoms with E-state index >= 15 is 0 Å². The molecule has 0 aliphatic rings. The molecule has 224 valence electrons. The van der Waals surface area contributed by atoms with E-state index in [9.17, 15) is 0 Å². The molecule has 0 bridgehead atoms. The highest BCUT2D eigenvalue weighted by molar-refractivity contribution is 6.19. The third kappa shape index (κ3) is 4.03. The summed E-state index contributed by atoms with van der Waals surface area (Å²) in [6.45, 7) is 0. The van der Waals surface area contributed by atoms with Crippen LogP contribution in [0.25, 0.3) is 88.5 Å². The molecule has 3 heterocycles. The predicted octanol–water partition coefficient (Wildman–Crippen LogP) is 11.2. The van der Waals surface area contributed by atoms with E-state index in [0.29, 0.717) is 0 Å². The fraction of sp³-hybridized carbons (Fsp3) is 0. The van der Waals surface area contributed by atoms with E-state index in [1.54, 1.807) is 0 Å². The van der Waals surface area contributed by atoms with Crippen LogP contribution in [0.5, 0.6) is 0 Å². The van der Waals surface area contributed by atoms with Crippen molar-refractivity contribution in [3.63, 3.8) is 0 Å². The fourth-order valence-corrected chi connectivity index (χ4v) is 7.35. The van der Waals surface area contributed by atoms with Gasteiger partial charge in [-0.1, -0.05) is 115 Å². The smallest absolute Gasteiger partial charge is 0.160 e. The lowest BCUT2D eigenvalue weighted by molar-refractivity contribution is 1.16. The summed E-state index contributed by atoms with van der Waals surface area (Å²) >= 11 is 0. The molecule has 0 aliphatic heterocycles. The molecule has 0 radical (unpaired) electrons. The van der Waals surface area contributed by atoms with Crippen LogP contribution in [0.4, 0.5) is 0 Å². The average molecular weight is 613 g/mol. The monoisotopic (exact) mass is 612 g/mol. The summed E-state index contributed by atoms with van der Waals surface area (Å²) in [4.78, 5) is 10.3. The summed E-state index contributed by atoms with van der Waals surface area (Å²) in [6.07, 6.45) is 0. The van der Waals surface area contributed by atoms with Crippen molar-refractivity contribution >= 4 is 54.5 Å². The van der Waals surface area contributed by atoms with Crippen LogP contribution in [-0.2, 0) is 0 Å². The minimum atomic E-state index is 0.718. The van der Waals surface area contributed by atoms with Crippen LogP contribution in [0.2, 0.25) is 0 Å². The van der Waals surface area contributed by atoms with Crippen LogP contribution in [-0.4, -0.2) is 19.1 Å². The fourth-order valence-electron chi connectivity index (χ4n) is 7.35. The van der Waals surface area contributed by atoms with Gasteiger partial charge >= 0.3 is 0 Å². The van der Waals surface area contributed by atoms with E-state index in [-0.39, 0.29) is 0 Å². The van der Waals surface area contributed by atoms with Gasteiger partial charge in [-0.2, -0.15) is 0 Å². The molecule has 4 nitrogen and oxygen atoms in total.